The van der Waals surface area contributed by atoms with E-state index in [1.807, 2.05) is 12.1 Å². The highest BCUT2D eigenvalue weighted by atomic mass is 16.5. The maximum atomic E-state index is 9.64. The Hall–Kier alpha value is -4.50. The van der Waals surface area contributed by atoms with Gasteiger partial charge < -0.3 is 35.0 Å². The number of aromatic nitrogens is 2. The fraction of sp³-hybridized carbons (Fsp3) is 0.267. The molecule has 0 atom stereocenters. The molecule has 0 saturated carbocycles. The molecule has 0 unspecified atom stereocenters. The van der Waals surface area contributed by atoms with E-state index in [0.717, 1.165) is 48.5 Å². The van der Waals surface area contributed by atoms with Crippen molar-refractivity contribution in [3.8, 4) is 11.5 Å². The minimum atomic E-state index is -1.08. The number of H-pyrrole nitrogens is 2. The minimum Gasteiger partial charge on any atom is -0.497 e. The van der Waals surface area contributed by atoms with E-state index in [0.29, 0.717) is 0 Å². The standard InChI is InChI=1S/C26H27N3O2.C4H6O4/c1-30-19-5-7-25-21(13-19)23(15-28-25)17-3-4-18(10-12-27-11-9-17)24-16-29-26-8-6-20(31-2)14-22(24)26;5-3(6)1-2-4(7)8/h3,5-8,10,13-16,27-29H,4,9,11-12H2,1-2H3;1-2H2,(H,5,6)(H,7,8)/b17-3+,18-10+;. The van der Waals surface area contributed by atoms with Crippen LogP contribution < -0.4 is 14.8 Å². The van der Waals surface area contributed by atoms with Crippen LogP contribution in [0, 0.1) is 0 Å². The number of allylic oxidation sites excluding steroid dienone is 2. The second kappa shape index (κ2) is 12.8. The van der Waals surface area contributed by atoms with Gasteiger partial charge in [0, 0.05) is 51.9 Å². The lowest BCUT2D eigenvalue weighted by molar-refractivity contribution is -0.143. The van der Waals surface area contributed by atoms with Crippen molar-refractivity contribution in [2.75, 3.05) is 27.3 Å². The molecular weight excluding hydrogens is 498 g/mol. The van der Waals surface area contributed by atoms with Gasteiger partial charge in [0.2, 0.25) is 0 Å². The Labute approximate surface area is 226 Å². The summed E-state index contributed by atoms with van der Waals surface area (Å²) in [5.41, 5.74) is 7.38. The van der Waals surface area contributed by atoms with E-state index in [2.05, 4.69) is 64.1 Å². The van der Waals surface area contributed by atoms with Gasteiger partial charge >= 0.3 is 11.9 Å². The molecule has 0 radical (unpaired) electrons. The van der Waals surface area contributed by atoms with Crippen molar-refractivity contribution in [1.29, 1.82) is 0 Å². The van der Waals surface area contributed by atoms with Crippen LogP contribution in [-0.4, -0.2) is 59.4 Å². The number of fused-ring (bicyclic) bond motifs is 2. The molecule has 0 amide bonds. The van der Waals surface area contributed by atoms with Crippen molar-refractivity contribution in [3.63, 3.8) is 0 Å². The van der Waals surface area contributed by atoms with Crippen LogP contribution in [0.1, 0.15) is 36.8 Å². The number of benzene rings is 2. The summed E-state index contributed by atoms with van der Waals surface area (Å²) in [5.74, 6) is -0.401. The topological polar surface area (TPSA) is 137 Å². The van der Waals surface area contributed by atoms with E-state index in [9.17, 15) is 9.59 Å². The molecule has 1 aliphatic heterocycles. The first-order valence-electron chi connectivity index (χ1n) is 12.7. The zero-order valence-corrected chi connectivity index (χ0v) is 22.0. The molecule has 0 spiro atoms. The van der Waals surface area contributed by atoms with E-state index in [4.69, 9.17) is 19.7 Å². The zero-order valence-electron chi connectivity index (χ0n) is 22.0. The maximum Gasteiger partial charge on any atom is 0.303 e. The summed E-state index contributed by atoms with van der Waals surface area (Å²) in [6.07, 6.45) is 10.2. The van der Waals surface area contributed by atoms with Crippen LogP contribution in [0.2, 0.25) is 0 Å². The molecule has 4 aromatic rings. The molecular formula is C30H33N3O6. The van der Waals surface area contributed by atoms with Crippen LogP contribution >= 0.6 is 0 Å². The third-order valence-corrected chi connectivity index (χ3v) is 6.65. The van der Waals surface area contributed by atoms with E-state index >= 15 is 0 Å². The number of carbonyl (C=O) groups is 2. The first-order valence-corrected chi connectivity index (χ1v) is 12.7. The van der Waals surface area contributed by atoms with E-state index in [-0.39, 0.29) is 12.8 Å². The summed E-state index contributed by atoms with van der Waals surface area (Å²) in [4.78, 5) is 26.1. The lowest BCUT2D eigenvalue weighted by atomic mass is 9.96. The molecule has 5 N–H and O–H groups in total. The van der Waals surface area contributed by atoms with Crippen LogP contribution in [0.25, 0.3) is 33.0 Å². The summed E-state index contributed by atoms with van der Waals surface area (Å²) in [6, 6.07) is 12.4. The molecule has 0 aliphatic carbocycles. The van der Waals surface area contributed by atoms with E-state index in [1.165, 1.54) is 33.0 Å². The molecule has 1 aliphatic rings. The van der Waals surface area contributed by atoms with Gasteiger partial charge in [-0.15, -0.1) is 0 Å². The summed E-state index contributed by atoms with van der Waals surface area (Å²) >= 11 is 0. The first-order chi connectivity index (χ1) is 18.9. The van der Waals surface area contributed by atoms with Crippen LogP contribution in [0.3, 0.4) is 0 Å². The average Bonchev–Trinajstić information content (AvgIpc) is 3.57. The van der Waals surface area contributed by atoms with E-state index in [1.54, 1.807) is 14.2 Å². The molecule has 2 aromatic heterocycles. The highest BCUT2D eigenvalue weighted by Gasteiger charge is 2.14. The molecule has 0 saturated heterocycles. The van der Waals surface area contributed by atoms with Gasteiger partial charge in [0.05, 0.1) is 27.1 Å². The number of carboxylic acid groups (broad SMARTS) is 2. The quantitative estimate of drug-likeness (QED) is 0.214. The van der Waals surface area contributed by atoms with Crippen molar-refractivity contribution >= 4 is 44.9 Å². The number of hydrogen-bond donors (Lipinski definition) is 5. The van der Waals surface area contributed by atoms with Crippen molar-refractivity contribution < 1.29 is 29.3 Å². The third kappa shape index (κ3) is 6.88. The molecule has 0 fully saturated rings. The predicted octanol–water partition coefficient (Wildman–Crippen LogP) is 5.45. The Balaban J connectivity index is 0.000000386. The molecule has 2 aromatic carbocycles. The Bertz CT molecular complexity index is 1510. The SMILES string of the molecule is COc1ccc2[nH]cc(/C3=C/CNCC/C(c4c[nH]c5ccc(OC)cc45)=C\C3)c2c1.O=C(O)CCC(=O)O. The summed E-state index contributed by atoms with van der Waals surface area (Å²) in [5, 5.41) is 21.8. The fourth-order valence-electron chi connectivity index (χ4n) is 4.60. The van der Waals surface area contributed by atoms with Gasteiger partial charge in [-0.1, -0.05) is 12.2 Å². The fourth-order valence-corrected chi connectivity index (χ4v) is 4.60. The van der Waals surface area contributed by atoms with Gasteiger partial charge in [-0.2, -0.15) is 0 Å². The summed E-state index contributed by atoms with van der Waals surface area (Å²) in [6.45, 7) is 1.79. The first kappa shape index (κ1) is 27.5. The number of methoxy groups -OCH3 is 2. The number of ether oxygens (including phenoxy) is 2. The van der Waals surface area contributed by atoms with Crippen molar-refractivity contribution in [3.05, 3.63) is 72.1 Å². The Kier molecular flexibility index (Phi) is 9.06. The molecule has 204 valence electrons. The van der Waals surface area contributed by atoms with Gasteiger partial charge in [0.15, 0.2) is 0 Å². The van der Waals surface area contributed by atoms with Gasteiger partial charge in [-0.3, -0.25) is 9.59 Å². The number of carboxylic acids is 2. The Morgan fingerprint density at radius 1 is 0.795 bits per heavy atom. The zero-order chi connectivity index (χ0) is 27.8. The summed E-state index contributed by atoms with van der Waals surface area (Å²) in [7, 11) is 3.42. The molecule has 39 heavy (non-hydrogen) atoms. The molecule has 0 bridgehead atoms. The number of nitrogens with one attached hydrogen (secondary N) is 3. The average molecular weight is 532 g/mol. The lowest BCUT2D eigenvalue weighted by Gasteiger charge is -2.08. The highest BCUT2D eigenvalue weighted by molar-refractivity contribution is 5.96. The monoisotopic (exact) mass is 531 g/mol. The predicted molar refractivity (Wildman–Crippen MR) is 152 cm³/mol. The van der Waals surface area contributed by atoms with Gasteiger partial charge in [0.25, 0.3) is 0 Å². The van der Waals surface area contributed by atoms with Crippen LogP contribution in [0.15, 0.2) is 60.9 Å². The van der Waals surface area contributed by atoms with Crippen LogP contribution in [0.5, 0.6) is 11.5 Å². The number of aliphatic carboxylic acids is 2. The van der Waals surface area contributed by atoms with E-state index < -0.39 is 11.9 Å². The van der Waals surface area contributed by atoms with Crippen molar-refractivity contribution in [2.45, 2.75) is 25.7 Å². The lowest BCUT2D eigenvalue weighted by Crippen LogP contribution is -2.15. The molecule has 3 heterocycles. The third-order valence-electron chi connectivity index (χ3n) is 6.65. The number of aromatic amines is 2. The second-order valence-electron chi connectivity index (χ2n) is 9.13. The van der Waals surface area contributed by atoms with Gasteiger partial charge in [-0.05, 0) is 66.9 Å². The normalized spacial score (nSPS) is 16.5. The Morgan fingerprint density at radius 2 is 1.33 bits per heavy atom. The van der Waals surface area contributed by atoms with Crippen molar-refractivity contribution in [1.82, 2.24) is 15.3 Å². The molecule has 9 heteroatoms. The van der Waals surface area contributed by atoms with Gasteiger partial charge in [0.1, 0.15) is 11.5 Å². The Morgan fingerprint density at radius 3 is 1.85 bits per heavy atom. The largest absolute Gasteiger partial charge is 0.497 e. The van der Waals surface area contributed by atoms with Gasteiger partial charge in [-0.25, -0.2) is 0 Å². The molecule has 9 nitrogen and oxygen atoms in total. The minimum absolute atomic E-state index is 0.296. The maximum absolute atomic E-state index is 9.64. The van der Waals surface area contributed by atoms with Crippen molar-refractivity contribution in [2.24, 2.45) is 0 Å². The summed E-state index contributed by atoms with van der Waals surface area (Å²) < 4.78 is 10.9. The molecule has 5 rings (SSSR count). The number of rotatable bonds is 7. The van der Waals surface area contributed by atoms with Crippen LogP contribution in [-0.2, 0) is 9.59 Å². The second-order valence-corrected chi connectivity index (χ2v) is 9.13. The number of hydrogen-bond acceptors (Lipinski definition) is 5. The highest BCUT2D eigenvalue weighted by Crippen LogP contribution is 2.34. The smallest absolute Gasteiger partial charge is 0.303 e. The van der Waals surface area contributed by atoms with Crippen LogP contribution in [0.4, 0.5) is 0 Å².